The number of rotatable bonds is 4. The van der Waals surface area contributed by atoms with Gasteiger partial charge in [0.2, 0.25) is 0 Å². The van der Waals surface area contributed by atoms with Gasteiger partial charge >= 0.3 is 0 Å². The van der Waals surface area contributed by atoms with Gasteiger partial charge in [-0.05, 0) is 38.3 Å². The maximum atomic E-state index is 12.6. The molecule has 5 rings (SSSR count). The van der Waals surface area contributed by atoms with Crippen molar-refractivity contribution in [1.82, 2.24) is 20.1 Å². The predicted octanol–water partition coefficient (Wildman–Crippen LogP) is 1.85. The van der Waals surface area contributed by atoms with Crippen LogP contribution in [0.1, 0.15) is 34.5 Å². The van der Waals surface area contributed by atoms with E-state index in [9.17, 15) is 4.79 Å². The summed E-state index contributed by atoms with van der Waals surface area (Å²) in [7, 11) is 1.85. The van der Waals surface area contributed by atoms with Gasteiger partial charge in [-0.3, -0.25) is 9.48 Å². The second kappa shape index (κ2) is 6.30. The lowest BCUT2D eigenvalue weighted by molar-refractivity contribution is 0.0141. The Bertz CT molecular complexity index is 908. The molecule has 3 saturated heterocycles. The first-order valence-corrected chi connectivity index (χ1v) is 10.1. The number of hydrogen-bond donors (Lipinski definition) is 1. The maximum Gasteiger partial charge on any atom is 0.254 e. The molecule has 2 aromatic heterocycles. The fourth-order valence-corrected chi connectivity index (χ4v) is 5.31. The highest BCUT2D eigenvalue weighted by Crippen LogP contribution is 2.55. The van der Waals surface area contributed by atoms with E-state index in [4.69, 9.17) is 4.74 Å². The first-order valence-electron chi connectivity index (χ1n) is 10.1. The van der Waals surface area contributed by atoms with Crippen LogP contribution < -0.4 is 10.2 Å². The average Bonchev–Trinajstić information content (AvgIpc) is 3.41. The molecule has 1 N–H and O–H groups in total. The van der Waals surface area contributed by atoms with Crippen molar-refractivity contribution in [1.29, 1.82) is 0 Å². The molecule has 0 aliphatic carbocycles. The lowest BCUT2D eigenvalue weighted by Gasteiger charge is -2.29. The van der Waals surface area contributed by atoms with Crippen molar-refractivity contribution < 1.29 is 9.53 Å². The lowest BCUT2D eigenvalue weighted by atomic mass is 9.73. The molecule has 2 aromatic rings. The number of nitrogens with one attached hydrogen (secondary N) is 1. The van der Waals surface area contributed by atoms with Gasteiger partial charge in [0.25, 0.3) is 5.91 Å². The van der Waals surface area contributed by atoms with Crippen LogP contribution in [0.15, 0.2) is 24.5 Å². The highest BCUT2D eigenvalue weighted by Gasteiger charge is 2.63. The second-order valence-electron chi connectivity index (χ2n) is 8.58. The number of fused-ring (bicyclic) bond motifs is 1. The van der Waals surface area contributed by atoms with Crippen molar-refractivity contribution in [2.45, 2.75) is 38.4 Å². The van der Waals surface area contributed by atoms with Crippen LogP contribution in [-0.4, -0.2) is 52.0 Å². The summed E-state index contributed by atoms with van der Waals surface area (Å²) in [4.78, 5) is 19.6. The van der Waals surface area contributed by atoms with Crippen molar-refractivity contribution in [2.75, 3.05) is 24.5 Å². The van der Waals surface area contributed by atoms with E-state index in [0.29, 0.717) is 23.9 Å². The first-order chi connectivity index (χ1) is 13.5. The summed E-state index contributed by atoms with van der Waals surface area (Å²) in [6.45, 7) is 6.47. The zero-order chi connectivity index (χ0) is 19.5. The van der Waals surface area contributed by atoms with Crippen molar-refractivity contribution >= 4 is 11.7 Å². The number of ether oxygens (including phenoxy) is 1. The molecule has 148 valence electrons. The quantitative estimate of drug-likeness (QED) is 0.875. The number of anilines is 1. The van der Waals surface area contributed by atoms with Crippen molar-refractivity contribution in [3.63, 3.8) is 0 Å². The van der Waals surface area contributed by atoms with E-state index in [1.165, 1.54) is 5.56 Å². The van der Waals surface area contributed by atoms with Gasteiger partial charge in [-0.1, -0.05) is 6.07 Å². The van der Waals surface area contributed by atoms with Crippen LogP contribution in [0.3, 0.4) is 0 Å². The summed E-state index contributed by atoms with van der Waals surface area (Å²) in [6.07, 6.45) is 6.01. The summed E-state index contributed by atoms with van der Waals surface area (Å²) in [5.74, 6) is 1.77. The van der Waals surface area contributed by atoms with E-state index < -0.39 is 0 Å². The van der Waals surface area contributed by atoms with Gasteiger partial charge in [-0.15, -0.1) is 0 Å². The molecule has 7 nitrogen and oxygen atoms in total. The molecule has 0 radical (unpaired) electrons. The van der Waals surface area contributed by atoms with E-state index in [2.05, 4.69) is 39.4 Å². The topological polar surface area (TPSA) is 72.3 Å². The molecule has 4 atom stereocenters. The zero-order valence-electron chi connectivity index (χ0n) is 16.7. The SMILES string of the molecule is Cc1ccc(N2C[C@@H]3[C@H](CNC(=O)c4cnn(C)c4C)[C@H]4CC[C@]3(C2)O4)nc1. The van der Waals surface area contributed by atoms with Crippen LogP contribution in [-0.2, 0) is 11.8 Å². The minimum Gasteiger partial charge on any atom is -0.369 e. The highest BCUT2D eigenvalue weighted by molar-refractivity contribution is 5.95. The molecule has 2 bridgehead atoms. The van der Waals surface area contributed by atoms with Gasteiger partial charge < -0.3 is 15.0 Å². The molecular formula is C21H27N5O2. The normalized spacial score (nSPS) is 30.7. The standard InChI is InChI=1S/C21H27N5O2/c1-13-4-5-19(22-8-13)26-11-17-16(18-6-7-21(17,12-26)28-18)9-23-20(27)15-10-24-25(3)14(15)2/h4-5,8,10,16-18H,6-7,9,11-12H2,1-3H3,(H,23,27)/t16-,17+,18+,21+/m0/s1. The van der Waals surface area contributed by atoms with Gasteiger partial charge in [0.05, 0.1) is 23.5 Å². The number of aryl methyl sites for hydroxylation is 2. The molecule has 0 aromatic carbocycles. The number of hydrogen-bond acceptors (Lipinski definition) is 5. The zero-order valence-corrected chi connectivity index (χ0v) is 16.7. The van der Waals surface area contributed by atoms with E-state index in [1.807, 2.05) is 20.2 Å². The van der Waals surface area contributed by atoms with Crippen LogP contribution in [0.2, 0.25) is 0 Å². The Kier molecular flexibility index (Phi) is 3.98. The Morgan fingerprint density at radius 2 is 2.21 bits per heavy atom. The summed E-state index contributed by atoms with van der Waals surface area (Å²) in [5, 5.41) is 7.32. The molecule has 3 aliphatic rings. The smallest absolute Gasteiger partial charge is 0.254 e. The number of aromatic nitrogens is 3. The molecule has 1 spiro atoms. The molecule has 0 saturated carbocycles. The predicted molar refractivity (Wildman–Crippen MR) is 105 cm³/mol. The van der Waals surface area contributed by atoms with E-state index in [1.54, 1.807) is 10.9 Å². The Balaban J connectivity index is 1.30. The molecule has 3 fully saturated rings. The third kappa shape index (κ3) is 2.64. The van der Waals surface area contributed by atoms with E-state index >= 15 is 0 Å². The molecule has 28 heavy (non-hydrogen) atoms. The number of carbonyl (C=O) groups excluding carboxylic acids is 1. The van der Waals surface area contributed by atoms with Crippen LogP contribution in [0.5, 0.6) is 0 Å². The number of carbonyl (C=O) groups is 1. The third-order valence-electron chi connectivity index (χ3n) is 6.98. The van der Waals surface area contributed by atoms with Gasteiger partial charge in [-0.2, -0.15) is 5.10 Å². The monoisotopic (exact) mass is 381 g/mol. The summed E-state index contributed by atoms with van der Waals surface area (Å²) < 4.78 is 8.23. The maximum absolute atomic E-state index is 12.6. The Morgan fingerprint density at radius 1 is 1.36 bits per heavy atom. The van der Waals surface area contributed by atoms with Crippen molar-refractivity contribution in [3.8, 4) is 0 Å². The Morgan fingerprint density at radius 3 is 2.93 bits per heavy atom. The fourth-order valence-electron chi connectivity index (χ4n) is 5.31. The number of pyridine rings is 1. The molecule has 5 heterocycles. The Labute approximate surface area is 165 Å². The molecule has 1 amide bonds. The van der Waals surface area contributed by atoms with Crippen LogP contribution in [0, 0.1) is 25.7 Å². The number of amides is 1. The van der Waals surface area contributed by atoms with Gasteiger partial charge in [0.1, 0.15) is 5.82 Å². The second-order valence-corrected chi connectivity index (χ2v) is 8.58. The van der Waals surface area contributed by atoms with E-state index in [0.717, 1.165) is 37.4 Å². The van der Waals surface area contributed by atoms with Crippen molar-refractivity contribution in [2.24, 2.45) is 18.9 Å². The highest BCUT2D eigenvalue weighted by atomic mass is 16.5. The van der Waals surface area contributed by atoms with Gasteiger partial charge in [0, 0.05) is 50.4 Å². The molecule has 3 aliphatic heterocycles. The van der Waals surface area contributed by atoms with Gasteiger partial charge in [0.15, 0.2) is 0 Å². The van der Waals surface area contributed by atoms with Crippen LogP contribution >= 0.6 is 0 Å². The molecule has 0 unspecified atom stereocenters. The van der Waals surface area contributed by atoms with Crippen LogP contribution in [0.25, 0.3) is 0 Å². The van der Waals surface area contributed by atoms with Gasteiger partial charge in [-0.25, -0.2) is 4.98 Å². The minimum atomic E-state index is -0.0726. The minimum absolute atomic E-state index is 0.0440. The number of nitrogens with zero attached hydrogens (tertiary/aromatic N) is 4. The molecular weight excluding hydrogens is 354 g/mol. The van der Waals surface area contributed by atoms with Crippen molar-refractivity contribution in [3.05, 3.63) is 41.3 Å². The average molecular weight is 381 g/mol. The Hall–Kier alpha value is -2.41. The summed E-state index contributed by atoms with van der Waals surface area (Å²) in [5.41, 5.74) is 2.63. The lowest BCUT2D eigenvalue weighted by Crippen LogP contribution is -2.42. The largest absolute Gasteiger partial charge is 0.369 e. The summed E-state index contributed by atoms with van der Waals surface area (Å²) in [6, 6.07) is 4.21. The van der Waals surface area contributed by atoms with Crippen LogP contribution in [0.4, 0.5) is 5.82 Å². The summed E-state index contributed by atoms with van der Waals surface area (Å²) >= 11 is 0. The van der Waals surface area contributed by atoms with E-state index in [-0.39, 0.29) is 17.6 Å². The first kappa shape index (κ1) is 17.7. The third-order valence-corrected chi connectivity index (χ3v) is 6.98. The molecule has 7 heteroatoms. The fraction of sp³-hybridized carbons (Fsp3) is 0.571.